The first-order chi connectivity index (χ1) is 9.00. The van der Waals surface area contributed by atoms with Crippen LogP contribution in [0.3, 0.4) is 0 Å². The summed E-state index contributed by atoms with van der Waals surface area (Å²) in [7, 11) is 1.57. The number of anilines is 1. The van der Waals surface area contributed by atoms with E-state index in [4.69, 9.17) is 0 Å². The standard InChI is InChI=1S/C15H13BrFNO/c1-10-9-11(7-8-12(10)16)15(19)18(2)14-6-4-3-5-13(14)17/h3-9H,1-2H3. The van der Waals surface area contributed by atoms with E-state index < -0.39 is 5.82 Å². The first kappa shape index (κ1) is 13.7. The minimum absolute atomic E-state index is 0.235. The van der Waals surface area contributed by atoms with Gasteiger partial charge in [-0.25, -0.2) is 4.39 Å². The fourth-order valence-corrected chi connectivity index (χ4v) is 2.05. The Balaban J connectivity index is 2.34. The van der Waals surface area contributed by atoms with Crippen molar-refractivity contribution in [2.24, 2.45) is 0 Å². The Morgan fingerprint density at radius 3 is 2.53 bits per heavy atom. The number of para-hydroxylation sites is 1. The van der Waals surface area contributed by atoms with E-state index in [1.165, 1.54) is 11.0 Å². The van der Waals surface area contributed by atoms with Gasteiger partial charge in [0.2, 0.25) is 0 Å². The molecule has 0 aliphatic rings. The number of amides is 1. The summed E-state index contributed by atoms with van der Waals surface area (Å²) in [6.07, 6.45) is 0. The molecule has 2 nitrogen and oxygen atoms in total. The van der Waals surface area contributed by atoms with Crippen molar-refractivity contribution < 1.29 is 9.18 Å². The maximum atomic E-state index is 13.7. The van der Waals surface area contributed by atoms with Gasteiger partial charge in [0, 0.05) is 17.1 Å². The minimum Gasteiger partial charge on any atom is -0.309 e. The van der Waals surface area contributed by atoms with Crippen molar-refractivity contribution in [2.45, 2.75) is 6.92 Å². The van der Waals surface area contributed by atoms with E-state index in [0.29, 0.717) is 5.56 Å². The Bertz CT molecular complexity index is 627. The van der Waals surface area contributed by atoms with Crippen LogP contribution >= 0.6 is 15.9 Å². The molecule has 0 spiro atoms. The van der Waals surface area contributed by atoms with Crippen LogP contribution in [0.15, 0.2) is 46.9 Å². The third-order valence-corrected chi connectivity index (χ3v) is 3.81. The fourth-order valence-electron chi connectivity index (χ4n) is 1.80. The molecule has 0 saturated heterocycles. The molecule has 2 aromatic carbocycles. The molecule has 2 aromatic rings. The summed E-state index contributed by atoms with van der Waals surface area (Å²) in [5.41, 5.74) is 1.77. The number of nitrogens with zero attached hydrogens (tertiary/aromatic N) is 1. The molecular formula is C15H13BrFNO. The van der Waals surface area contributed by atoms with Crippen LogP contribution in [-0.2, 0) is 0 Å². The highest BCUT2D eigenvalue weighted by Crippen LogP contribution is 2.22. The number of rotatable bonds is 2. The molecule has 0 bridgehead atoms. The number of benzene rings is 2. The van der Waals surface area contributed by atoms with Gasteiger partial charge >= 0.3 is 0 Å². The lowest BCUT2D eigenvalue weighted by molar-refractivity contribution is 0.0992. The molecule has 4 heteroatoms. The van der Waals surface area contributed by atoms with E-state index in [-0.39, 0.29) is 11.6 Å². The van der Waals surface area contributed by atoms with Gasteiger partial charge < -0.3 is 4.90 Å². The molecule has 0 N–H and O–H groups in total. The monoisotopic (exact) mass is 321 g/mol. The average Bonchev–Trinajstić information content (AvgIpc) is 2.41. The van der Waals surface area contributed by atoms with Crippen molar-refractivity contribution in [3.8, 4) is 0 Å². The highest BCUT2D eigenvalue weighted by molar-refractivity contribution is 9.10. The molecule has 0 unspecified atom stereocenters. The van der Waals surface area contributed by atoms with Crippen LogP contribution < -0.4 is 4.90 Å². The summed E-state index contributed by atoms with van der Waals surface area (Å²) in [5.74, 6) is -0.645. The van der Waals surface area contributed by atoms with Crippen LogP contribution in [0.25, 0.3) is 0 Å². The van der Waals surface area contributed by atoms with Crippen molar-refractivity contribution in [1.29, 1.82) is 0 Å². The van der Waals surface area contributed by atoms with Gasteiger partial charge in [-0.3, -0.25) is 4.79 Å². The Hall–Kier alpha value is -1.68. The first-order valence-electron chi connectivity index (χ1n) is 5.79. The number of hydrogen-bond donors (Lipinski definition) is 0. The van der Waals surface area contributed by atoms with Crippen LogP contribution in [0.5, 0.6) is 0 Å². The second-order valence-corrected chi connectivity index (χ2v) is 5.13. The van der Waals surface area contributed by atoms with Gasteiger partial charge in [0.1, 0.15) is 5.82 Å². The molecule has 0 saturated carbocycles. The highest BCUT2D eigenvalue weighted by Gasteiger charge is 2.16. The smallest absolute Gasteiger partial charge is 0.258 e. The zero-order valence-electron chi connectivity index (χ0n) is 10.7. The van der Waals surface area contributed by atoms with Crippen molar-refractivity contribution in [2.75, 3.05) is 11.9 Å². The number of carbonyl (C=O) groups is 1. The summed E-state index contributed by atoms with van der Waals surface area (Å²) in [6, 6.07) is 11.5. The van der Waals surface area contributed by atoms with E-state index in [9.17, 15) is 9.18 Å². The Morgan fingerprint density at radius 1 is 1.21 bits per heavy atom. The van der Waals surface area contributed by atoms with Gasteiger partial charge in [0.25, 0.3) is 5.91 Å². The molecular weight excluding hydrogens is 309 g/mol. The quantitative estimate of drug-likeness (QED) is 0.812. The normalized spacial score (nSPS) is 10.3. The van der Waals surface area contributed by atoms with Gasteiger partial charge in [0.05, 0.1) is 5.69 Å². The molecule has 98 valence electrons. The van der Waals surface area contributed by atoms with Crippen molar-refractivity contribution in [1.82, 2.24) is 0 Å². The van der Waals surface area contributed by atoms with Gasteiger partial charge in [-0.05, 0) is 42.8 Å². The molecule has 0 aliphatic carbocycles. The summed E-state index contributed by atoms with van der Waals surface area (Å²) in [6.45, 7) is 1.91. The van der Waals surface area contributed by atoms with E-state index in [1.807, 2.05) is 13.0 Å². The maximum Gasteiger partial charge on any atom is 0.258 e. The van der Waals surface area contributed by atoms with Crippen LogP contribution in [0.4, 0.5) is 10.1 Å². The third-order valence-electron chi connectivity index (χ3n) is 2.92. The van der Waals surface area contributed by atoms with Crippen LogP contribution in [-0.4, -0.2) is 13.0 Å². The number of carbonyl (C=O) groups excluding carboxylic acids is 1. The summed E-state index contributed by atoms with van der Waals surface area (Å²) < 4.78 is 14.6. The lowest BCUT2D eigenvalue weighted by atomic mass is 10.1. The third kappa shape index (κ3) is 2.84. The van der Waals surface area contributed by atoms with Gasteiger partial charge in [-0.2, -0.15) is 0 Å². The van der Waals surface area contributed by atoms with Gasteiger partial charge in [-0.15, -0.1) is 0 Å². The zero-order valence-corrected chi connectivity index (χ0v) is 12.2. The number of hydrogen-bond acceptors (Lipinski definition) is 1. The van der Waals surface area contributed by atoms with Gasteiger partial charge in [0.15, 0.2) is 0 Å². The molecule has 19 heavy (non-hydrogen) atoms. The maximum absolute atomic E-state index is 13.7. The summed E-state index contributed by atoms with van der Waals surface area (Å²) in [5, 5.41) is 0. The predicted molar refractivity (Wildman–Crippen MR) is 78.0 cm³/mol. The molecule has 0 aliphatic heterocycles. The molecule has 2 rings (SSSR count). The van der Waals surface area contributed by atoms with Crippen molar-refractivity contribution >= 4 is 27.5 Å². The molecule has 0 aromatic heterocycles. The fraction of sp³-hybridized carbons (Fsp3) is 0.133. The average molecular weight is 322 g/mol. The van der Waals surface area contributed by atoms with Crippen LogP contribution in [0.2, 0.25) is 0 Å². The van der Waals surface area contributed by atoms with E-state index in [1.54, 1.807) is 37.4 Å². The summed E-state index contributed by atoms with van der Waals surface area (Å²) >= 11 is 3.39. The predicted octanol–water partition coefficient (Wildman–Crippen LogP) is 4.17. The molecule has 0 atom stereocenters. The Morgan fingerprint density at radius 2 is 1.89 bits per heavy atom. The topological polar surface area (TPSA) is 20.3 Å². The van der Waals surface area contributed by atoms with E-state index in [0.717, 1.165) is 10.0 Å². The minimum atomic E-state index is -0.410. The lowest BCUT2D eigenvalue weighted by Crippen LogP contribution is -2.27. The molecule has 0 radical (unpaired) electrons. The number of aryl methyl sites for hydroxylation is 1. The first-order valence-corrected chi connectivity index (χ1v) is 6.58. The van der Waals surface area contributed by atoms with Crippen LogP contribution in [0, 0.1) is 12.7 Å². The van der Waals surface area contributed by atoms with Crippen LogP contribution in [0.1, 0.15) is 15.9 Å². The van der Waals surface area contributed by atoms with Crippen molar-refractivity contribution in [3.63, 3.8) is 0 Å². The Labute approximate surface area is 120 Å². The zero-order chi connectivity index (χ0) is 14.0. The SMILES string of the molecule is Cc1cc(C(=O)N(C)c2ccccc2F)ccc1Br. The lowest BCUT2D eigenvalue weighted by Gasteiger charge is -2.18. The van der Waals surface area contributed by atoms with E-state index >= 15 is 0 Å². The molecule has 0 heterocycles. The number of halogens is 2. The van der Waals surface area contributed by atoms with Gasteiger partial charge in [-0.1, -0.05) is 28.1 Å². The Kier molecular flexibility index (Phi) is 4.00. The molecule has 1 amide bonds. The largest absolute Gasteiger partial charge is 0.309 e. The summed E-state index contributed by atoms with van der Waals surface area (Å²) in [4.78, 5) is 13.6. The second-order valence-electron chi connectivity index (χ2n) is 4.28. The molecule has 0 fully saturated rings. The van der Waals surface area contributed by atoms with Crippen molar-refractivity contribution in [3.05, 3.63) is 63.9 Å². The highest BCUT2D eigenvalue weighted by atomic mass is 79.9. The second kappa shape index (κ2) is 5.53. The van der Waals surface area contributed by atoms with E-state index in [2.05, 4.69) is 15.9 Å².